The Balaban J connectivity index is 2.27. The summed E-state index contributed by atoms with van der Waals surface area (Å²) in [6.07, 6.45) is 0.891. The van der Waals surface area contributed by atoms with Gasteiger partial charge in [-0.05, 0) is 36.4 Å². The number of sulfonamides is 1. The fourth-order valence-corrected chi connectivity index (χ4v) is 5.16. The number of nitrogens with zero attached hydrogens (tertiary/aromatic N) is 1. The zero-order valence-electron chi connectivity index (χ0n) is 11.5. The molecular weight excluding hydrogens is 296 g/mol. The van der Waals surface area contributed by atoms with E-state index >= 15 is 0 Å². The lowest BCUT2D eigenvalue weighted by Gasteiger charge is -2.27. The Labute approximate surface area is 124 Å². The van der Waals surface area contributed by atoms with Crippen molar-refractivity contribution in [3.8, 4) is 0 Å². The molecule has 5 nitrogen and oxygen atoms in total. The normalized spacial score (nSPS) is 19.6. The first-order chi connectivity index (χ1) is 9.55. The Hall–Kier alpha value is -0.760. The number of hydrogen-bond donors (Lipinski definition) is 1. The zero-order chi connectivity index (χ0) is 14.6. The summed E-state index contributed by atoms with van der Waals surface area (Å²) >= 11 is 1.79. The molecule has 2 rings (SSSR count). The molecule has 0 aromatic heterocycles. The molecule has 7 heteroatoms. The number of hydrogen-bond acceptors (Lipinski definition) is 5. The Bertz CT molecular complexity index is 525. The first-order valence-electron chi connectivity index (χ1n) is 6.50. The van der Waals surface area contributed by atoms with Crippen molar-refractivity contribution in [2.24, 2.45) is 0 Å². The highest BCUT2D eigenvalue weighted by Crippen LogP contribution is 2.27. The van der Waals surface area contributed by atoms with E-state index in [-0.39, 0.29) is 6.04 Å². The van der Waals surface area contributed by atoms with E-state index in [1.165, 1.54) is 0 Å². The van der Waals surface area contributed by atoms with Gasteiger partial charge in [0.15, 0.2) is 0 Å². The van der Waals surface area contributed by atoms with Crippen LogP contribution in [-0.2, 0) is 14.8 Å². The van der Waals surface area contributed by atoms with E-state index in [1.807, 2.05) is 0 Å². The molecule has 1 heterocycles. The number of ether oxygens (including phenoxy) is 1. The number of anilines is 1. The third-order valence-corrected chi connectivity index (χ3v) is 6.43. The van der Waals surface area contributed by atoms with Crippen LogP contribution in [0, 0.1) is 0 Å². The van der Waals surface area contributed by atoms with Crippen LogP contribution in [0.1, 0.15) is 6.42 Å². The van der Waals surface area contributed by atoms with Gasteiger partial charge in [0.05, 0.1) is 11.5 Å². The van der Waals surface area contributed by atoms with Gasteiger partial charge in [0, 0.05) is 31.1 Å². The van der Waals surface area contributed by atoms with Gasteiger partial charge in [-0.1, -0.05) is 0 Å². The Kier molecular flexibility index (Phi) is 5.31. The van der Waals surface area contributed by atoms with Crippen molar-refractivity contribution >= 4 is 27.5 Å². The summed E-state index contributed by atoms with van der Waals surface area (Å²) in [4.78, 5) is 0.291. The fourth-order valence-electron chi connectivity index (χ4n) is 2.20. The van der Waals surface area contributed by atoms with Crippen molar-refractivity contribution in [2.45, 2.75) is 17.4 Å². The second-order valence-corrected chi connectivity index (χ2v) is 7.74. The summed E-state index contributed by atoms with van der Waals surface area (Å²) in [5.41, 5.74) is 6.18. The maximum atomic E-state index is 12.8. The molecule has 1 aliphatic rings. The van der Waals surface area contributed by atoms with Crippen LogP contribution in [0.15, 0.2) is 29.2 Å². The summed E-state index contributed by atoms with van der Waals surface area (Å²) in [7, 11) is -1.91. The molecule has 1 saturated heterocycles. The molecule has 0 spiro atoms. The van der Waals surface area contributed by atoms with Gasteiger partial charge in [0.1, 0.15) is 0 Å². The Morgan fingerprint density at radius 3 is 2.65 bits per heavy atom. The fraction of sp³-hybridized carbons (Fsp3) is 0.538. The average molecular weight is 316 g/mol. The van der Waals surface area contributed by atoms with Crippen LogP contribution >= 0.6 is 11.8 Å². The Morgan fingerprint density at radius 2 is 2.10 bits per heavy atom. The maximum Gasteiger partial charge on any atom is 0.243 e. The average Bonchev–Trinajstić information content (AvgIpc) is 2.93. The van der Waals surface area contributed by atoms with Gasteiger partial charge < -0.3 is 10.5 Å². The SMILES string of the molecule is COCCN(C1CCSC1)S(=O)(=O)c1ccc(N)cc1. The van der Waals surface area contributed by atoms with E-state index in [2.05, 4.69) is 0 Å². The molecule has 1 aromatic rings. The van der Waals surface area contributed by atoms with E-state index in [1.54, 1.807) is 47.4 Å². The van der Waals surface area contributed by atoms with Crippen LogP contribution in [0.3, 0.4) is 0 Å². The van der Waals surface area contributed by atoms with E-state index in [9.17, 15) is 8.42 Å². The topological polar surface area (TPSA) is 72.6 Å². The van der Waals surface area contributed by atoms with E-state index in [0.717, 1.165) is 17.9 Å². The maximum absolute atomic E-state index is 12.8. The molecule has 0 radical (unpaired) electrons. The first-order valence-corrected chi connectivity index (χ1v) is 9.09. The molecule has 1 aromatic carbocycles. The lowest BCUT2D eigenvalue weighted by atomic mass is 10.3. The highest BCUT2D eigenvalue weighted by molar-refractivity contribution is 7.99. The minimum atomic E-state index is -3.49. The molecule has 112 valence electrons. The monoisotopic (exact) mass is 316 g/mol. The number of nitrogens with two attached hydrogens (primary N) is 1. The molecule has 0 amide bonds. The van der Waals surface area contributed by atoms with Gasteiger partial charge in [-0.15, -0.1) is 0 Å². The van der Waals surface area contributed by atoms with Gasteiger partial charge in [-0.25, -0.2) is 8.42 Å². The summed E-state index contributed by atoms with van der Waals surface area (Å²) in [5.74, 6) is 1.85. The van der Waals surface area contributed by atoms with Crippen molar-refractivity contribution in [1.29, 1.82) is 0 Å². The van der Waals surface area contributed by atoms with Crippen molar-refractivity contribution in [2.75, 3.05) is 37.5 Å². The summed E-state index contributed by atoms with van der Waals surface area (Å²) in [5, 5.41) is 0. The number of rotatable bonds is 6. The number of methoxy groups -OCH3 is 1. The van der Waals surface area contributed by atoms with Crippen LogP contribution in [0.2, 0.25) is 0 Å². The highest BCUT2D eigenvalue weighted by atomic mass is 32.2. The third kappa shape index (κ3) is 3.46. The molecule has 1 atom stereocenters. The highest BCUT2D eigenvalue weighted by Gasteiger charge is 2.33. The minimum absolute atomic E-state index is 0.0534. The van der Waals surface area contributed by atoms with Gasteiger partial charge in [-0.3, -0.25) is 0 Å². The van der Waals surface area contributed by atoms with Crippen LogP contribution in [0.25, 0.3) is 0 Å². The predicted octanol–water partition coefficient (Wildman–Crippen LogP) is 1.41. The second kappa shape index (κ2) is 6.80. The lowest BCUT2D eigenvalue weighted by Crippen LogP contribution is -2.42. The molecule has 1 unspecified atom stereocenters. The van der Waals surface area contributed by atoms with Gasteiger partial charge in [-0.2, -0.15) is 16.1 Å². The number of nitrogen functional groups attached to an aromatic ring is 1. The lowest BCUT2D eigenvalue weighted by molar-refractivity contribution is 0.169. The van der Waals surface area contributed by atoms with Crippen LogP contribution in [0.4, 0.5) is 5.69 Å². The van der Waals surface area contributed by atoms with Gasteiger partial charge in [0.2, 0.25) is 10.0 Å². The van der Waals surface area contributed by atoms with Crippen molar-refractivity contribution in [1.82, 2.24) is 4.31 Å². The standard InChI is InChI=1S/C13H20N2O3S2/c1-18-8-7-15(12-6-9-19-10-12)20(16,17)13-4-2-11(14)3-5-13/h2-5,12H,6-10,14H2,1H3. The predicted molar refractivity (Wildman–Crippen MR) is 82.4 cm³/mol. The minimum Gasteiger partial charge on any atom is -0.399 e. The third-order valence-electron chi connectivity index (χ3n) is 3.32. The molecule has 0 bridgehead atoms. The summed E-state index contributed by atoms with van der Waals surface area (Å²) in [6.45, 7) is 0.782. The summed E-state index contributed by atoms with van der Waals surface area (Å²) in [6, 6.07) is 6.41. The largest absolute Gasteiger partial charge is 0.399 e. The molecule has 1 fully saturated rings. The number of thioether (sulfide) groups is 1. The second-order valence-electron chi connectivity index (χ2n) is 4.70. The zero-order valence-corrected chi connectivity index (χ0v) is 13.1. The quantitative estimate of drug-likeness (QED) is 0.803. The van der Waals surface area contributed by atoms with E-state index < -0.39 is 10.0 Å². The molecular formula is C13H20N2O3S2. The molecule has 0 saturated carbocycles. The van der Waals surface area contributed by atoms with Gasteiger partial charge >= 0.3 is 0 Å². The van der Waals surface area contributed by atoms with Crippen LogP contribution in [-0.4, -0.2) is 50.5 Å². The first kappa shape index (κ1) is 15.6. The summed E-state index contributed by atoms with van der Waals surface area (Å²) < 4.78 is 32.1. The van der Waals surface area contributed by atoms with E-state index in [4.69, 9.17) is 10.5 Å². The van der Waals surface area contributed by atoms with Crippen LogP contribution < -0.4 is 5.73 Å². The van der Waals surface area contributed by atoms with Crippen molar-refractivity contribution in [3.05, 3.63) is 24.3 Å². The van der Waals surface area contributed by atoms with E-state index in [0.29, 0.717) is 23.7 Å². The molecule has 0 aliphatic carbocycles. The number of benzene rings is 1. The molecule has 2 N–H and O–H groups in total. The smallest absolute Gasteiger partial charge is 0.243 e. The Morgan fingerprint density at radius 1 is 1.40 bits per heavy atom. The van der Waals surface area contributed by atoms with Gasteiger partial charge in [0.25, 0.3) is 0 Å². The van der Waals surface area contributed by atoms with Crippen LogP contribution in [0.5, 0.6) is 0 Å². The molecule has 1 aliphatic heterocycles. The van der Waals surface area contributed by atoms with Crippen molar-refractivity contribution in [3.63, 3.8) is 0 Å². The molecule has 20 heavy (non-hydrogen) atoms. The van der Waals surface area contributed by atoms with Crippen molar-refractivity contribution < 1.29 is 13.2 Å².